The van der Waals surface area contributed by atoms with Gasteiger partial charge in [-0.15, -0.1) is 0 Å². The summed E-state index contributed by atoms with van der Waals surface area (Å²) in [6, 6.07) is 0. The van der Waals surface area contributed by atoms with E-state index in [1.165, 1.54) is 6.26 Å². The Morgan fingerprint density at radius 3 is 2.56 bits per heavy atom. The molecule has 0 aromatic carbocycles. The molecule has 2 N–H and O–H groups in total. The molecule has 9 heavy (non-hydrogen) atoms. The lowest BCUT2D eigenvalue weighted by Crippen LogP contribution is -2.11. The Morgan fingerprint density at radius 2 is 2.22 bits per heavy atom. The molecule has 0 saturated heterocycles. The van der Waals surface area contributed by atoms with Crippen LogP contribution in [0, 0.1) is 0 Å². The van der Waals surface area contributed by atoms with Crippen LogP contribution in [-0.4, -0.2) is 27.8 Å². The zero-order valence-electron chi connectivity index (χ0n) is 5.03. The van der Waals surface area contributed by atoms with E-state index >= 15 is 0 Å². The van der Waals surface area contributed by atoms with Gasteiger partial charge < -0.3 is 5.73 Å². The monoisotopic (exact) mass is 171 g/mol. The molecule has 0 saturated carbocycles. The lowest BCUT2D eigenvalue weighted by atomic mass is 10.8. The minimum Gasteiger partial charge on any atom is -0.328 e. The minimum atomic E-state index is -3.34. The van der Waals surface area contributed by atoms with Crippen molar-refractivity contribution in [3.8, 4) is 0 Å². The lowest BCUT2D eigenvalue weighted by molar-refractivity contribution is 0.339. The molecular weight excluding hydrogens is 162 g/mol. The van der Waals surface area contributed by atoms with Gasteiger partial charge in [-0.3, -0.25) is 4.18 Å². The third-order valence-corrected chi connectivity index (χ3v) is 2.93. The fourth-order valence-electron chi connectivity index (χ4n) is 0.198. The average Bonchev–Trinajstić information content (AvgIpc) is 1.84. The first kappa shape index (κ1) is 9.22. The van der Waals surface area contributed by atoms with Crippen molar-refractivity contribution in [3.63, 3.8) is 0 Å². The van der Waals surface area contributed by atoms with E-state index in [1.54, 1.807) is 0 Å². The average molecular weight is 171 g/mol. The van der Waals surface area contributed by atoms with Gasteiger partial charge in [-0.1, -0.05) is 0 Å². The molecule has 0 fully saturated rings. The van der Waals surface area contributed by atoms with Crippen molar-refractivity contribution in [1.29, 1.82) is 0 Å². The molecule has 0 bridgehead atoms. The highest BCUT2D eigenvalue weighted by Gasteiger charge is 2.05. The van der Waals surface area contributed by atoms with E-state index in [1.807, 2.05) is 0 Å². The van der Waals surface area contributed by atoms with Gasteiger partial charge in [0.1, 0.15) is 0 Å². The number of hydrogen-bond acceptors (Lipinski definition) is 5. The topological polar surface area (TPSA) is 69.4 Å². The largest absolute Gasteiger partial charge is 0.328 e. The second-order valence-corrected chi connectivity index (χ2v) is 4.80. The van der Waals surface area contributed by atoms with Crippen LogP contribution in [0.3, 0.4) is 0 Å². The quantitative estimate of drug-likeness (QED) is 0.581. The summed E-state index contributed by atoms with van der Waals surface area (Å²) in [5.41, 5.74) is 4.99. The molecule has 0 amide bonds. The van der Waals surface area contributed by atoms with Gasteiger partial charge in [-0.2, -0.15) is 8.42 Å². The molecule has 0 aliphatic rings. The molecule has 6 heteroatoms. The first-order valence-electron chi connectivity index (χ1n) is 2.27. The Hall–Kier alpha value is 0.220. The normalized spacial score (nSPS) is 11.8. The van der Waals surface area contributed by atoms with Gasteiger partial charge in [-0.25, -0.2) is 0 Å². The second-order valence-electron chi connectivity index (χ2n) is 1.19. The fourth-order valence-corrected chi connectivity index (χ4v) is 1.09. The molecule has 0 unspecified atom stereocenters. The summed E-state index contributed by atoms with van der Waals surface area (Å²) in [4.78, 5) is 0. The smallest absolute Gasteiger partial charge is 0.321 e. The first-order valence-corrected chi connectivity index (χ1v) is 5.42. The predicted octanol–water partition coefficient (Wildman–Crippen LogP) is -0.431. The van der Waals surface area contributed by atoms with E-state index in [9.17, 15) is 8.42 Å². The zero-order chi connectivity index (χ0) is 7.33. The SMILES string of the molecule is CSS(=O)(=O)OCCN. The Labute approximate surface area is 58.3 Å². The van der Waals surface area contributed by atoms with Crippen LogP contribution in [0.25, 0.3) is 0 Å². The summed E-state index contributed by atoms with van der Waals surface area (Å²) in [7, 11) is -2.68. The van der Waals surface area contributed by atoms with Crippen LogP contribution in [0.1, 0.15) is 0 Å². The van der Waals surface area contributed by atoms with Crippen LogP contribution in [-0.2, 0) is 13.3 Å². The van der Waals surface area contributed by atoms with Crippen LogP contribution in [0.2, 0.25) is 0 Å². The van der Waals surface area contributed by atoms with Gasteiger partial charge in [0.05, 0.1) is 6.61 Å². The van der Waals surface area contributed by atoms with Crippen LogP contribution in [0.15, 0.2) is 0 Å². The molecular formula is C3H9NO3S2. The molecule has 0 spiro atoms. The highest BCUT2D eigenvalue weighted by molar-refractivity contribution is 8.70. The molecule has 4 nitrogen and oxygen atoms in total. The van der Waals surface area contributed by atoms with Gasteiger partial charge in [0.15, 0.2) is 0 Å². The maximum absolute atomic E-state index is 10.4. The summed E-state index contributed by atoms with van der Waals surface area (Å²) in [5, 5.41) is 0. The lowest BCUT2D eigenvalue weighted by Gasteiger charge is -1.97. The number of nitrogens with two attached hydrogens (primary N) is 1. The van der Waals surface area contributed by atoms with Crippen LogP contribution < -0.4 is 5.73 Å². The van der Waals surface area contributed by atoms with Gasteiger partial charge in [0.25, 0.3) is 0 Å². The third-order valence-electron chi connectivity index (χ3n) is 0.550. The fraction of sp³-hybridized carbons (Fsp3) is 1.00. The van der Waals surface area contributed by atoms with Crippen molar-refractivity contribution < 1.29 is 12.6 Å². The Kier molecular flexibility index (Phi) is 4.20. The highest BCUT2D eigenvalue weighted by Crippen LogP contribution is 2.07. The zero-order valence-corrected chi connectivity index (χ0v) is 6.67. The Bertz CT molecular complexity index is 152. The molecule has 0 rings (SSSR count). The molecule has 0 aliphatic heterocycles. The predicted molar refractivity (Wildman–Crippen MR) is 37.4 cm³/mol. The third kappa shape index (κ3) is 4.71. The molecule has 0 atom stereocenters. The van der Waals surface area contributed by atoms with Crippen molar-refractivity contribution >= 4 is 19.9 Å². The van der Waals surface area contributed by atoms with Crippen molar-refractivity contribution in [2.75, 3.05) is 19.4 Å². The number of hydrogen-bond donors (Lipinski definition) is 1. The molecule has 0 aromatic heterocycles. The van der Waals surface area contributed by atoms with E-state index < -0.39 is 9.15 Å². The molecule has 0 aliphatic carbocycles. The van der Waals surface area contributed by atoms with Crippen LogP contribution in [0.4, 0.5) is 0 Å². The van der Waals surface area contributed by atoms with Crippen LogP contribution >= 0.6 is 10.8 Å². The summed E-state index contributed by atoms with van der Waals surface area (Å²) in [6.45, 7) is 0.281. The summed E-state index contributed by atoms with van der Waals surface area (Å²) in [6.07, 6.45) is 1.44. The second kappa shape index (κ2) is 4.10. The van der Waals surface area contributed by atoms with E-state index in [4.69, 9.17) is 5.73 Å². The van der Waals surface area contributed by atoms with Crippen molar-refractivity contribution in [3.05, 3.63) is 0 Å². The van der Waals surface area contributed by atoms with Crippen molar-refractivity contribution in [2.45, 2.75) is 0 Å². The molecule has 0 radical (unpaired) electrons. The maximum Gasteiger partial charge on any atom is 0.321 e. The highest BCUT2D eigenvalue weighted by atomic mass is 33.1. The number of rotatable bonds is 4. The molecule has 0 heterocycles. The van der Waals surface area contributed by atoms with Gasteiger partial charge >= 0.3 is 9.15 Å². The Morgan fingerprint density at radius 1 is 1.67 bits per heavy atom. The molecule has 56 valence electrons. The van der Waals surface area contributed by atoms with E-state index in [-0.39, 0.29) is 13.2 Å². The standard InChI is InChI=1S/C3H9NO3S2/c1-8-9(5,6)7-3-2-4/h2-4H2,1H3. The Balaban J connectivity index is 3.61. The summed E-state index contributed by atoms with van der Waals surface area (Å²) >= 11 is 0. The van der Waals surface area contributed by atoms with Gasteiger partial charge in [0.2, 0.25) is 0 Å². The van der Waals surface area contributed by atoms with Crippen molar-refractivity contribution in [2.24, 2.45) is 5.73 Å². The van der Waals surface area contributed by atoms with Crippen molar-refractivity contribution in [1.82, 2.24) is 0 Å². The minimum absolute atomic E-state index is 0.0587. The van der Waals surface area contributed by atoms with E-state index in [2.05, 4.69) is 4.18 Å². The van der Waals surface area contributed by atoms with Gasteiger partial charge in [0, 0.05) is 6.54 Å². The van der Waals surface area contributed by atoms with Gasteiger partial charge in [-0.05, 0) is 17.0 Å². The first-order chi connectivity index (χ1) is 4.12. The molecule has 0 aromatic rings. The summed E-state index contributed by atoms with van der Waals surface area (Å²) < 4.78 is 25.2. The van der Waals surface area contributed by atoms with E-state index in [0.717, 1.165) is 0 Å². The maximum atomic E-state index is 10.4. The summed E-state index contributed by atoms with van der Waals surface area (Å²) in [5.74, 6) is 0. The van der Waals surface area contributed by atoms with E-state index in [0.29, 0.717) is 10.8 Å². The van der Waals surface area contributed by atoms with Crippen LogP contribution in [0.5, 0.6) is 0 Å².